The third kappa shape index (κ3) is 4.12. The van der Waals surface area contributed by atoms with Crippen molar-refractivity contribution in [3.05, 3.63) is 73.9 Å². The zero-order valence-corrected chi connectivity index (χ0v) is 18.2. The van der Waals surface area contributed by atoms with Crippen molar-refractivity contribution in [1.29, 1.82) is 0 Å². The summed E-state index contributed by atoms with van der Waals surface area (Å²) in [6.07, 6.45) is 1.44. The summed E-state index contributed by atoms with van der Waals surface area (Å²) in [5.74, 6) is -0.260. The molecule has 0 aliphatic heterocycles. The predicted octanol–water partition coefficient (Wildman–Crippen LogP) is 5.03. The first-order chi connectivity index (χ1) is 13.9. The van der Waals surface area contributed by atoms with Gasteiger partial charge in [0, 0.05) is 25.7 Å². The maximum Gasteiger partial charge on any atom is 0.263 e. The Morgan fingerprint density at radius 3 is 2.86 bits per heavy atom. The molecule has 1 N–H and O–H groups in total. The molecule has 148 valence electrons. The van der Waals surface area contributed by atoms with Gasteiger partial charge in [-0.2, -0.15) is 0 Å². The molecular weight excluding hydrogens is 426 g/mol. The molecule has 8 heteroatoms. The largest absolute Gasteiger partial charge is 0.348 e. The summed E-state index contributed by atoms with van der Waals surface area (Å²) in [7, 11) is 0. The van der Waals surface area contributed by atoms with Crippen molar-refractivity contribution in [2.24, 2.45) is 0 Å². The lowest BCUT2D eigenvalue weighted by Crippen LogP contribution is -2.33. The van der Waals surface area contributed by atoms with Crippen LogP contribution in [0.4, 0.5) is 0 Å². The number of amides is 1. The van der Waals surface area contributed by atoms with Crippen LogP contribution >= 0.6 is 34.3 Å². The first-order valence-electron chi connectivity index (χ1n) is 9.00. The SMILES string of the molecule is Cc1ccc(-c2csc3ncn(CC(=O)N[C@H](C)c4cccc(Cl)c4)c(=O)c23)s1. The molecule has 1 amide bonds. The molecule has 0 radical (unpaired) electrons. The van der Waals surface area contributed by atoms with Crippen LogP contribution in [0.1, 0.15) is 23.4 Å². The summed E-state index contributed by atoms with van der Waals surface area (Å²) < 4.78 is 1.36. The van der Waals surface area contributed by atoms with E-state index >= 15 is 0 Å². The lowest BCUT2D eigenvalue weighted by atomic mass is 10.1. The molecule has 0 unspecified atom stereocenters. The lowest BCUT2D eigenvalue weighted by molar-refractivity contribution is -0.122. The molecule has 29 heavy (non-hydrogen) atoms. The van der Waals surface area contributed by atoms with Gasteiger partial charge in [0.1, 0.15) is 11.4 Å². The summed E-state index contributed by atoms with van der Waals surface area (Å²) >= 11 is 9.10. The van der Waals surface area contributed by atoms with E-state index in [2.05, 4.69) is 10.3 Å². The van der Waals surface area contributed by atoms with Crippen LogP contribution < -0.4 is 10.9 Å². The normalized spacial score (nSPS) is 12.2. The number of carbonyl (C=O) groups excluding carboxylic acids is 1. The average molecular weight is 444 g/mol. The van der Waals surface area contributed by atoms with E-state index in [1.165, 1.54) is 27.1 Å². The number of carbonyl (C=O) groups is 1. The fraction of sp³-hybridized carbons (Fsp3) is 0.190. The summed E-state index contributed by atoms with van der Waals surface area (Å²) in [4.78, 5) is 32.9. The van der Waals surface area contributed by atoms with E-state index in [9.17, 15) is 9.59 Å². The zero-order valence-electron chi connectivity index (χ0n) is 15.8. The topological polar surface area (TPSA) is 64.0 Å². The van der Waals surface area contributed by atoms with Gasteiger partial charge in [0.2, 0.25) is 5.91 Å². The smallest absolute Gasteiger partial charge is 0.263 e. The molecular formula is C21H18ClN3O2S2. The molecule has 1 aromatic carbocycles. The van der Waals surface area contributed by atoms with Gasteiger partial charge >= 0.3 is 0 Å². The van der Waals surface area contributed by atoms with Gasteiger partial charge in [0.05, 0.1) is 17.8 Å². The standard InChI is InChI=1S/C21H18ClN3O2S2/c1-12-6-7-17(29-12)16-10-28-20-19(16)21(27)25(11-23-20)9-18(26)24-13(2)14-4-3-5-15(22)8-14/h3-8,10-11,13H,9H2,1-2H3,(H,24,26)/t13-/m1/s1. The van der Waals surface area contributed by atoms with Crippen LogP contribution in [0.3, 0.4) is 0 Å². The quantitative estimate of drug-likeness (QED) is 0.470. The predicted molar refractivity (Wildman–Crippen MR) is 120 cm³/mol. The van der Waals surface area contributed by atoms with E-state index in [0.29, 0.717) is 15.2 Å². The number of thiophene rings is 2. The zero-order chi connectivity index (χ0) is 20.5. The molecule has 0 aliphatic rings. The molecule has 3 heterocycles. The van der Waals surface area contributed by atoms with Crippen molar-refractivity contribution >= 4 is 50.4 Å². The Bertz CT molecular complexity index is 1260. The van der Waals surface area contributed by atoms with Gasteiger partial charge in [-0.05, 0) is 43.7 Å². The summed E-state index contributed by atoms with van der Waals surface area (Å²) in [6.45, 7) is 3.82. The highest BCUT2D eigenvalue weighted by Gasteiger charge is 2.16. The Balaban J connectivity index is 1.59. The summed E-state index contributed by atoms with van der Waals surface area (Å²) in [5, 5.41) is 6.04. The maximum absolute atomic E-state index is 13.1. The fourth-order valence-corrected chi connectivity index (χ4v) is 5.20. The Hall–Kier alpha value is -2.48. The van der Waals surface area contributed by atoms with Crippen LogP contribution in [0.2, 0.25) is 5.02 Å². The molecule has 4 rings (SSSR count). The fourth-order valence-electron chi connectivity index (χ4n) is 3.14. The number of benzene rings is 1. The van der Waals surface area contributed by atoms with Crippen molar-refractivity contribution in [1.82, 2.24) is 14.9 Å². The number of aryl methyl sites for hydroxylation is 1. The molecule has 1 atom stereocenters. The molecule has 0 spiro atoms. The van der Waals surface area contributed by atoms with Gasteiger partial charge in [-0.15, -0.1) is 22.7 Å². The van der Waals surface area contributed by atoms with Gasteiger partial charge in [0.25, 0.3) is 5.56 Å². The van der Waals surface area contributed by atoms with E-state index in [-0.39, 0.29) is 24.1 Å². The van der Waals surface area contributed by atoms with E-state index in [1.807, 2.05) is 49.6 Å². The van der Waals surface area contributed by atoms with Crippen molar-refractivity contribution < 1.29 is 4.79 Å². The second-order valence-electron chi connectivity index (χ2n) is 6.76. The maximum atomic E-state index is 13.1. The van der Waals surface area contributed by atoms with Gasteiger partial charge in [-0.3, -0.25) is 14.2 Å². The van der Waals surface area contributed by atoms with E-state index in [0.717, 1.165) is 16.0 Å². The Morgan fingerprint density at radius 1 is 1.31 bits per heavy atom. The molecule has 5 nitrogen and oxygen atoms in total. The number of halogens is 1. The first kappa shape index (κ1) is 19.8. The Morgan fingerprint density at radius 2 is 2.14 bits per heavy atom. The molecule has 0 fully saturated rings. The highest BCUT2D eigenvalue weighted by atomic mass is 35.5. The monoisotopic (exact) mass is 443 g/mol. The van der Waals surface area contributed by atoms with E-state index < -0.39 is 0 Å². The highest BCUT2D eigenvalue weighted by Crippen LogP contribution is 2.34. The van der Waals surface area contributed by atoms with Gasteiger partial charge in [0.15, 0.2) is 0 Å². The molecule has 3 aromatic heterocycles. The summed E-state index contributed by atoms with van der Waals surface area (Å²) in [5.41, 5.74) is 1.57. The van der Waals surface area contributed by atoms with Gasteiger partial charge in [-0.25, -0.2) is 4.98 Å². The van der Waals surface area contributed by atoms with Crippen molar-refractivity contribution in [3.63, 3.8) is 0 Å². The molecule has 0 saturated heterocycles. The van der Waals surface area contributed by atoms with E-state index in [4.69, 9.17) is 11.6 Å². The number of aromatic nitrogens is 2. The first-order valence-corrected chi connectivity index (χ1v) is 11.1. The van der Waals surface area contributed by atoms with Crippen LogP contribution in [0.5, 0.6) is 0 Å². The minimum atomic E-state index is -0.260. The third-order valence-corrected chi connectivity index (χ3v) is 6.76. The van der Waals surface area contributed by atoms with Crippen LogP contribution in [-0.2, 0) is 11.3 Å². The van der Waals surface area contributed by atoms with Gasteiger partial charge in [-0.1, -0.05) is 23.7 Å². The second kappa shape index (κ2) is 8.10. The average Bonchev–Trinajstić information content (AvgIpc) is 3.30. The number of nitrogens with zero attached hydrogens (tertiary/aromatic N) is 2. The van der Waals surface area contributed by atoms with Crippen LogP contribution in [0.15, 0.2) is 52.9 Å². The van der Waals surface area contributed by atoms with Crippen LogP contribution in [0, 0.1) is 6.92 Å². The van der Waals surface area contributed by atoms with Crippen molar-refractivity contribution in [2.75, 3.05) is 0 Å². The van der Waals surface area contributed by atoms with E-state index in [1.54, 1.807) is 17.4 Å². The molecule has 0 aliphatic carbocycles. The van der Waals surface area contributed by atoms with Gasteiger partial charge < -0.3 is 5.32 Å². The number of hydrogen-bond acceptors (Lipinski definition) is 5. The van der Waals surface area contributed by atoms with Crippen LogP contribution in [-0.4, -0.2) is 15.5 Å². The number of nitrogens with one attached hydrogen (secondary N) is 1. The molecule has 0 saturated carbocycles. The molecule has 0 bridgehead atoms. The number of hydrogen-bond donors (Lipinski definition) is 1. The van der Waals surface area contributed by atoms with Crippen molar-refractivity contribution in [2.45, 2.75) is 26.4 Å². The highest BCUT2D eigenvalue weighted by molar-refractivity contribution is 7.19. The minimum absolute atomic E-state index is 0.0918. The summed E-state index contributed by atoms with van der Waals surface area (Å²) in [6, 6.07) is 11.2. The second-order valence-corrected chi connectivity index (χ2v) is 9.34. The number of rotatable bonds is 5. The third-order valence-electron chi connectivity index (χ3n) is 4.61. The lowest BCUT2D eigenvalue weighted by Gasteiger charge is -2.15. The Kier molecular flexibility index (Phi) is 5.54. The van der Waals surface area contributed by atoms with Crippen molar-refractivity contribution in [3.8, 4) is 10.4 Å². The number of fused-ring (bicyclic) bond motifs is 1. The molecule has 4 aromatic rings. The van der Waals surface area contributed by atoms with Crippen LogP contribution in [0.25, 0.3) is 20.7 Å². The minimum Gasteiger partial charge on any atom is -0.348 e. The Labute approximate surface area is 180 Å².